The summed E-state index contributed by atoms with van der Waals surface area (Å²) in [6.07, 6.45) is 7.08. The van der Waals surface area contributed by atoms with Crippen molar-refractivity contribution >= 4 is 18.2 Å². The molecule has 0 aliphatic rings. The highest BCUT2D eigenvalue weighted by molar-refractivity contribution is 5.78. The molecule has 0 saturated carbocycles. The number of aryl methyl sites for hydroxylation is 1. The number of nitrogens with one attached hydrogen (secondary N) is 2. The van der Waals surface area contributed by atoms with Crippen molar-refractivity contribution in [1.29, 1.82) is 0 Å². The number of hydrazone groups is 1. The van der Waals surface area contributed by atoms with Crippen molar-refractivity contribution in [2.75, 3.05) is 5.43 Å². The molecule has 5 heteroatoms. The molecule has 0 spiro atoms. The number of hydrogen-bond acceptors (Lipinski definition) is 4. The summed E-state index contributed by atoms with van der Waals surface area (Å²) >= 11 is 0. The number of benzene rings is 1. The van der Waals surface area contributed by atoms with Crippen LogP contribution in [0.2, 0.25) is 0 Å². The van der Waals surface area contributed by atoms with Crippen molar-refractivity contribution in [2.24, 2.45) is 5.10 Å². The summed E-state index contributed by atoms with van der Waals surface area (Å²) in [5.74, 6) is 0.357. The van der Waals surface area contributed by atoms with Crippen LogP contribution in [-0.4, -0.2) is 16.2 Å². The maximum atomic E-state index is 11.5. The van der Waals surface area contributed by atoms with Gasteiger partial charge in [-0.25, -0.2) is 10.4 Å². The van der Waals surface area contributed by atoms with E-state index < -0.39 is 0 Å². The normalized spacial score (nSPS) is 11.3. The van der Waals surface area contributed by atoms with E-state index in [1.807, 2.05) is 49.4 Å². The molecule has 0 unspecified atom stereocenters. The average Bonchev–Trinajstić information content (AvgIpc) is 2.48. The fourth-order valence-electron chi connectivity index (χ4n) is 1.80. The Bertz CT molecular complexity index is 674. The van der Waals surface area contributed by atoms with Crippen LogP contribution in [0.25, 0.3) is 6.08 Å². The van der Waals surface area contributed by atoms with Gasteiger partial charge in [0.15, 0.2) is 0 Å². The van der Waals surface area contributed by atoms with Crippen LogP contribution in [0.5, 0.6) is 0 Å². The van der Waals surface area contributed by atoms with Crippen molar-refractivity contribution in [2.45, 2.75) is 19.8 Å². The first kappa shape index (κ1) is 14.7. The van der Waals surface area contributed by atoms with Gasteiger partial charge in [0.05, 0.1) is 0 Å². The number of H-pyrrole nitrogens is 1. The molecular weight excluding hydrogens is 264 g/mol. The summed E-state index contributed by atoms with van der Waals surface area (Å²) in [4.78, 5) is 18.3. The smallest absolute Gasteiger partial charge is 0.252 e. The molecular formula is C16H18N4O. The van der Waals surface area contributed by atoms with Gasteiger partial charge in [-0.05, 0) is 18.1 Å². The van der Waals surface area contributed by atoms with Gasteiger partial charge in [-0.2, -0.15) is 5.10 Å². The summed E-state index contributed by atoms with van der Waals surface area (Å²) in [6.45, 7) is 2.04. The lowest BCUT2D eigenvalue weighted by atomic mass is 10.2. The molecule has 2 aromatic rings. The zero-order valence-corrected chi connectivity index (χ0v) is 11.9. The number of nitrogens with zero attached hydrogens (tertiary/aromatic N) is 2. The van der Waals surface area contributed by atoms with E-state index >= 15 is 0 Å². The van der Waals surface area contributed by atoms with Crippen LogP contribution in [0.3, 0.4) is 0 Å². The third kappa shape index (κ3) is 5.06. The van der Waals surface area contributed by atoms with Gasteiger partial charge in [-0.1, -0.05) is 49.8 Å². The summed E-state index contributed by atoms with van der Waals surface area (Å²) in [6, 6.07) is 11.4. The highest BCUT2D eigenvalue weighted by atomic mass is 16.1. The Morgan fingerprint density at radius 1 is 1.33 bits per heavy atom. The Kier molecular flexibility index (Phi) is 5.46. The highest BCUT2D eigenvalue weighted by Crippen LogP contribution is 2.01. The molecule has 1 aromatic heterocycles. The quantitative estimate of drug-likeness (QED) is 0.632. The summed E-state index contributed by atoms with van der Waals surface area (Å²) < 4.78 is 0. The van der Waals surface area contributed by atoms with Crippen LogP contribution >= 0.6 is 0 Å². The van der Waals surface area contributed by atoms with E-state index in [1.54, 1.807) is 6.21 Å². The fourth-order valence-corrected chi connectivity index (χ4v) is 1.80. The van der Waals surface area contributed by atoms with Crippen LogP contribution in [0, 0.1) is 0 Å². The fraction of sp³-hybridized carbons (Fsp3) is 0.188. The number of allylic oxidation sites excluding steroid dienone is 1. The van der Waals surface area contributed by atoms with E-state index in [9.17, 15) is 4.79 Å². The van der Waals surface area contributed by atoms with Crippen molar-refractivity contribution in [3.8, 4) is 0 Å². The number of aromatic nitrogens is 2. The molecule has 108 valence electrons. The maximum Gasteiger partial charge on any atom is 0.252 e. The lowest BCUT2D eigenvalue weighted by Gasteiger charge is -2.01. The molecule has 0 radical (unpaired) electrons. The van der Waals surface area contributed by atoms with Crippen LogP contribution in [0.4, 0.5) is 5.95 Å². The van der Waals surface area contributed by atoms with Crippen molar-refractivity contribution in [3.05, 3.63) is 64.1 Å². The Hall–Kier alpha value is -2.69. The molecule has 0 fully saturated rings. The molecule has 0 atom stereocenters. The topological polar surface area (TPSA) is 70.1 Å². The van der Waals surface area contributed by atoms with Crippen LogP contribution in [0.15, 0.2) is 52.4 Å². The number of hydrogen-bond donors (Lipinski definition) is 2. The Labute approximate surface area is 123 Å². The predicted octanol–water partition coefficient (Wildman–Crippen LogP) is 2.83. The second-order valence-electron chi connectivity index (χ2n) is 4.50. The highest BCUT2D eigenvalue weighted by Gasteiger charge is 1.98. The first-order valence-corrected chi connectivity index (χ1v) is 6.89. The van der Waals surface area contributed by atoms with E-state index in [-0.39, 0.29) is 5.56 Å². The summed E-state index contributed by atoms with van der Waals surface area (Å²) in [7, 11) is 0. The van der Waals surface area contributed by atoms with E-state index in [4.69, 9.17) is 0 Å². The first-order chi connectivity index (χ1) is 10.3. The van der Waals surface area contributed by atoms with Gasteiger partial charge in [0, 0.05) is 18.0 Å². The predicted molar refractivity (Wildman–Crippen MR) is 86.4 cm³/mol. The van der Waals surface area contributed by atoms with Gasteiger partial charge in [-0.15, -0.1) is 0 Å². The molecule has 0 aliphatic carbocycles. The van der Waals surface area contributed by atoms with Crippen LogP contribution in [-0.2, 0) is 6.42 Å². The minimum absolute atomic E-state index is 0.175. The monoisotopic (exact) mass is 282 g/mol. The van der Waals surface area contributed by atoms with E-state index in [0.29, 0.717) is 5.95 Å². The Balaban J connectivity index is 1.95. The lowest BCUT2D eigenvalue weighted by Crippen LogP contribution is -2.11. The van der Waals surface area contributed by atoms with Gasteiger partial charge in [0.25, 0.3) is 5.56 Å². The van der Waals surface area contributed by atoms with E-state index in [0.717, 1.165) is 24.1 Å². The molecule has 0 bridgehead atoms. The van der Waals surface area contributed by atoms with Gasteiger partial charge in [-0.3, -0.25) is 9.78 Å². The number of anilines is 1. The third-order valence-corrected chi connectivity index (χ3v) is 2.72. The second-order valence-corrected chi connectivity index (χ2v) is 4.50. The molecule has 0 saturated heterocycles. The zero-order valence-electron chi connectivity index (χ0n) is 11.9. The summed E-state index contributed by atoms with van der Waals surface area (Å²) in [5.41, 5.74) is 4.41. The van der Waals surface area contributed by atoms with Gasteiger partial charge >= 0.3 is 0 Å². The van der Waals surface area contributed by atoms with Crippen molar-refractivity contribution in [3.63, 3.8) is 0 Å². The largest absolute Gasteiger partial charge is 0.291 e. The number of rotatable bonds is 6. The molecule has 0 aliphatic heterocycles. The Morgan fingerprint density at radius 2 is 2.14 bits per heavy atom. The van der Waals surface area contributed by atoms with Gasteiger partial charge in [0.2, 0.25) is 5.95 Å². The molecule has 1 heterocycles. The van der Waals surface area contributed by atoms with E-state index in [2.05, 4.69) is 20.5 Å². The maximum absolute atomic E-state index is 11.5. The van der Waals surface area contributed by atoms with Crippen LogP contribution < -0.4 is 11.0 Å². The summed E-state index contributed by atoms with van der Waals surface area (Å²) in [5, 5.41) is 4.00. The first-order valence-electron chi connectivity index (χ1n) is 6.89. The Morgan fingerprint density at radius 3 is 2.90 bits per heavy atom. The van der Waals surface area contributed by atoms with Crippen molar-refractivity contribution < 1.29 is 0 Å². The van der Waals surface area contributed by atoms with E-state index in [1.165, 1.54) is 6.07 Å². The minimum Gasteiger partial charge on any atom is -0.291 e. The number of aromatic amines is 1. The van der Waals surface area contributed by atoms with Crippen molar-refractivity contribution in [1.82, 2.24) is 9.97 Å². The molecule has 2 N–H and O–H groups in total. The zero-order chi connectivity index (χ0) is 14.9. The molecule has 21 heavy (non-hydrogen) atoms. The third-order valence-electron chi connectivity index (χ3n) is 2.72. The molecule has 1 aromatic carbocycles. The van der Waals surface area contributed by atoms with Crippen LogP contribution in [0.1, 0.15) is 24.6 Å². The average molecular weight is 282 g/mol. The minimum atomic E-state index is -0.175. The molecule has 5 nitrogen and oxygen atoms in total. The SMILES string of the molecule is CCCc1cc(=O)[nH]c(NN=C/C=C\c2ccccc2)n1. The van der Waals surface area contributed by atoms with Gasteiger partial charge < -0.3 is 0 Å². The standard InChI is InChI=1S/C16H18N4O/c1-2-7-14-12-15(21)19-16(18-14)20-17-11-6-10-13-8-4-3-5-9-13/h3-6,8-12H,2,7H2,1H3,(H2,18,19,20,21)/b10-6-,17-11?. The van der Waals surface area contributed by atoms with Gasteiger partial charge in [0.1, 0.15) is 0 Å². The molecule has 0 amide bonds. The molecule has 2 rings (SSSR count). The second kappa shape index (κ2) is 7.79. The lowest BCUT2D eigenvalue weighted by molar-refractivity contribution is 0.867.